The highest BCUT2D eigenvalue weighted by Gasteiger charge is 2.26. The number of esters is 1. The fourth-order valence-corrected chi connectivity index (χ4v) is 2.59. The minimum Gasteiger partial charge on any atom is -0.469 e. The summed E-state index contributed by atoms with van der Waals surface area (Å²) >= 11 is 0. The van der Waals surface area contributed by atoms with Gasteiger partial charge in [-0.05, 0) is 30.7 Å². The molecule has 96 valence electrons. The smallest absolute Gasteiger partial charge is 0.308 e. The van der Waals surface area contributed by atoms with E-state index in [1.807, 2.05) is 18.2 Å². The van der Waals surface area contributed by atoms with Gasteiger partial charge in [-0.3, -0.25) is 4.79 Å². The van der Waals surface area contributed by atoms with E-state index in [1.54, 1.807) is 0 Å². The van der Waals surface area contributed by atoms with Crippen molar-refractivity contribution in [2.45, 2.75) is 25.7 Å². The van der Waals surface area contributed by atoms with Gasteiger partial charge in [-0.25, -0.2) is 0 Å². The maximum Gasteiger partial charge on any atom is 0.308 e. The number of benzene rings is 1. The largest absolute Gasteiger partial charge is 0.469 e. The monoisotopic (exact) mass is 244 g/mol. The van der Waals surface area contributed by atoms with Crippen LogP contribution in [-0.2, 0) is 9.53 Å². The van der Waals surface area contributed by atoms with E-state index < -0.39 is 0 Å². The molecule has 0 heterocycles. The molecular weight excluding hydrogens is 224 g/mol. The highest BCUT2D eigenvalue weighted by atomic mass is 16.5. The molecule has 1 fully saturated rings. The van der Waals surface area contributed by atoms with Crippen LogP contribution in [0.1, 0.15) is 31.2 Å². The summed E-state index contributed by atoms with van der Waals surface area (Å²) in [5, 5.41) is 0. The quantitative estimate of drug-likeness (QED) is 0.758. The zero-order valence-corrected chi connectivity index (χ0v) is 10.8. The van der Waals surface area contributed by atoms with E-state index in [0.29, 0.717) is 5.92 Å². The fraction of sp³-hybridized carbons (Fsp3) is 0.438. The second-order valence-corrected chi connectivity index (χ2v) is 4.92. The zero-order chi connectivity index (χ0) is 12.8. The third kappa shape index (κ3) is 3.46. The van der Waals surface area contributed by atoms with Crippen molar-refractivity contribution in [3.63, 3.8) is 0 Å². The molecule has 0 N–H and O–H groups in total. The highest BCUT2D eigenvalue weighted by molar-refractivity contribution is 5.72. The van der Waals surface area contributed by atoms with Crippen molar-refractivity contribution in [2.24, 2.45) is 11.8 Å². The minimum atomic E-state index is -0.0483. The minimum absolute atomic E-state index is 0.0483. The summed E-state index contributed by atoms with van der Waals surface area (Å²) in [6.07, 6.45) is 8.59. The Morgan fingerprint density at radius 1 is 1.28 bits per heavy atom. The molecule has 1 aliphatic rings. The highest BCUT2D eigenvalue weighted by Crippen LogP contribution is 2.31. The molecule has 0 bridgehead atoms. The second kappa shape index (κ2) is 6.39. The Morgan fingerprint density at radius 3 is 2.78 bits per heavy atom. The van der Waals surface area contributed by atoms with Gasteiger partial charge in [-0.15, -0.1) is 0 Å². The van der Waals surface area contributed by atoms with Crippen LogP contribution < -0.4 is 0 Å². The van der Waals surface area contributed by atoms with Crippen LogP contribution in [0.5, 0.6) is 0 Å². The number of ether oxygens (including phenoxy) is 1. The molecule has 0 aromatic heterocycles. The fourth-order valence-electron chi connectivity index (χ4n) is 2.59. The van der Waals surface area contributed by atoms with Crippen molar-refractivity contribution in [3.05, 3.63) is 42.0 Å². The molecule has 1 aromatic carbocycles. The van der Waals surface area contributed by atoms with Gasteiger partial charge in [0.25, 0.3) is 0 Å². The van der Waals surface area contributed by atoms with Gasteiger partial charge < -0.3 is 4.74 Å². The predicted octanol–water partition coefficient (Wildman–Crippen LogP) is 3.68. The molecule has 0 aliphatic heterocycles. The number of hydrogen-bond acceptors (Lipinski definition) is 2. The average molecular weight is 244 g/mol. The van der Waals surface area contributed by atoms with Crippen molar-refractivity contribution in [3.8, 4) is 0 Å². The van der Waals surface area contributed by atoms with Crippen LogP contribution in [0.25, 0.3) is 6.08 Å². The normalized spacial score (nSPS) is 24.1. The van der Waals surface area contributed by atoms with Gasteiger partial charge in [0.05, 0.1) is 13.0 Å². The van der Waals surface area contributed by atoms with Crippen LogP contribution in [0.2, 0.25) is 0 Å². The lowest BCUT2D eigenvalue weighted by atomic mass is 9.81. The molecule has 0 spiro atoms. The first-order valence-corrected chi connectivity index (χ1v) is 6.60. The summed E-state index contributed by atoms with van der Waals surface area (Å²) in [6, 6.07) is 10.3. The molecule has 0 amide bonds. The second-order valence-electron chi connectivity index (χ2n) is 4.92. The summed E-state index contributed by atoms with van der Waals surface area (Å²) in [5.41, 5.74) is 1.22. The van der Waals surface area contributed by atoms with Crippen LogP contribution in [-0.4, -0.2) is 13.1 Å². The van der Waals surface area contributed by atoms with Crippen molar-refractivity contribution >= 4 is 12.0 Å². The van der Waals surface area contributed by atoms with Gasteiger partial charge >= 0.3 is 5.97 Å². The lowest BCUT2D eigenvalue weighted by molar-refractivity contribution is -0.146. The number of hydrogen-bond donors (Lipinski definition) is 0. The first kappa shape index (κ1) is 12.9. The number of rotatable bonds is 3. The van der Waals surface area contributed by atoms with Crippen LogP contribution in [0.4, 0.5) is 0 Å². The van der Waals surface area contributed by atoms with E-state index in [0.717, 1.165) is 19.3 Å². The lowest BCUT2D eigenvalue weighted by Gasteiger charge is -2.25. The third-order valence-corrected chi connectivity index (χ3v) is 3.61. The third-order valence-electron chi connectivity index (χ3n) is 3.61. The van der Waals surface area contributed by atoms with Gasteiger partial charge in [0.1, 0.15) is 0 Å². The Balaban J connectivity index is 1.93. The summed E-state index contributed by atoms with van der Waals surface area (Å²) in [5.74, 6) is 0.546. The van der Waals surface area contributed by atoms with Gasteiger partial charge in [0.15, 0.2) is 0 Å². The number of carbonyl (C=O) groups excluding carboxylic acids is 1. The van der Waals surface area contributed by atoms with E-state index in [9.17, 15) is 4.79 Å². The topological polar surface area (TPSA) is 26.3 Å². The van der Waals surface area contributed by atoms with E-state index in [1.165, 1.54) is 19.1 Å². The summed E-state index contributed by atoms with van der Waals surface area (Å²) in [7, 11) is 1.48. The average Bonchev–Trinajstić information content (AvgIpc) is 2.45. The van der Waals surface area contributed by atoms with Crippen molar-refractivity contribution in [1.82, 2.24) is 0 Å². The summed E-state index contributed by atoms with van der Waals surface area (Å²) < 4.78 is 4.84. The van der Waals surface area contributed by atoms with Crippen LogP contribution in [0.3, 0.4) is 0 Å². The molecule has 2 unspecified atom stereocenters. The molecule has 18 heavy (non-hydrogen) atoms. The molecule has 2 atom stereocenters. The van der Waals surface area contributed by atoms with E-state index >= 15 is 0 Å². The molecule has 1 aliphatic carbocycles. The number of carbonyl (C=O) groups is 1. The Hall–Kier alpha value is -1.57. The van der Waals surface area contributed by atoms with E-state index in [4.69, 9.17) is 4.74 Å². The van der Waals surface area contributed by atoms with Gasteiger partial charge in [0, 0.05) is 0 Å². The first-order chi connectivity index (χ1) is 8.79. The first-order valence-electron chi connectivity index (χ1n) is 6.60. The summed E-state index contributed by atoms with van der Waals surface area (Å²) in [4.78, 5) is 11.5. The Morgan fingerprint density at radius 2 is 2.06 bits per heavy atom. The van der Waals surface area contributed by atoms with Gasteiger partial charge in [-0.1, -0.05) is 48.9 Å². The maximum atomic E-state index is 11.5. The van der Waals surface area contributed by atoms with Crippen LogP contribution >= 0.6 is 0 Å². The molecule has 0 radical (unpaired) electrons. The van der Waals surface area contributed by atoms with E-state index in [2.05, 4.69) is 24.3 Å². The summed E-state index contributed by atoms with van der Waals surface area (Å²) in [6.45, 7) is 0. The predicted molar refractivity (Wildman–Crippen MR) is 72.9 cm³/mol. The molecule has 2 rings (SSSR count). The van der Waals surface area contributed by atoms with Crippen LogP contribution in [0, 0.1) is 11.8 Å². The molecule has 1 aromatic rings. The van der Waals surface area contributed by atoms with Crippen molar-refractivity contribution in [2.75, 3.05) is 7.11 Å². The number of allylic oxidation sites excluding steroid dienone is 1. The van der Waals surface area contributed by atoms with Gasteiger partial charge in [-0.2, -0.15) is 0 Å². The molecule has 2 heteroatoms. The standard InChI is InChI=1S/C16H20O2/c1-18-16(17)15-9-5-8-14(12-15)11-10-13-6-3-2-4-7-13/h2-4,6-7,10-11,14-15H,5,8-9,12H2,1H3/b11-10+. The molecule has 2 nitrogen and oxygen atoms in total. The molecular formula is C16H20O2. The Bertz CT molecular complexity index is 408. The molecule has 0 saturated heterocycles. The zero-order valence-electron chi connectivity index (χ0n) is 10.8. The van der Waals surface area contributed by atoms with Gasteiger partial charge in [0.2, 0.25) is 0 Å². The maximum absolute atomic E-state index is 11.5. The Kier molecular flexibility index (Phi) is 4.57. The number of methoxy groups -OCH3 is 1. The van der Waals surface area contributed by atoms with Crippen molar-refractivity contribution in [1.29, 1.82) is 0 Å². The Labute approximate surface area is 109 Å². The van der Waals surface area contributed by atoms with Crippen molar-refractivity contribution < 1.29 is 9.53 Å². The van der Waals surface area contributed by atoms with Crippen LogP contribution in [0.15, 0.2) is 36.4 Å². The lowest BCUT2D eigenvalue weighted by Crippen LogP contribution is -2.23. The SMILES string of the molecule is COC(=O)C1CCCC(/C=C/c2ccccc2)C1. The molecule has 1 saturated carbocycles. The van der Waals surface area contributed by atoms with E-state index in [-0.39, 0.29) is 11.9 Å².